The molecule has 0 radical (unpaired) electrons. The van der Waals surface area contributed by atoms with Crippen molar-refractivity contribution in [2.24, 2.45) is 0 Å². The van der Waals surface area contributed by atoms with Crippen LogP contribution < -0.4 is 14.8 Å². The van der Waals surface area contributed by atoms with E-state index in [1.54, 1.807) is 28.6 Å². The van der Waals surface area contributed by atoms with Gasteiger partial charge < -0.3 is 19.2 Å². The van der Waals surface area contributed by atoms with Gasteiger partial charge in [0.05, 0.1) is 4.90 Å². The lowest BCUT2D eigenvalue weighted by Gasteiger charge is -2.19. The fourth-order valence-corrected chi connectivity index (χ4v) is 5.59. The van der Waals surface area contributed by atoms with Gasteiger partial charge >= 0.3 is 0 Å². The molecule has 9 nitrogen and oxygen atoms in total. The van der Waals surface area contributed by atoms with Gasteiger partial charge in [-0.05, 0) is 54.8 Å². The summed E-state index contributed by atoms with van der Waals surface area (Å²) >= 11 is 0. The van der Waals surface area contributed by atoms with Crippen LogP contribution in [0.1, 0.15) is 36.9 Å². The van der Waals surface area contributed by atoms with Crippen LogP contribution in [-0.4, -0.2) is 37.6 Å². The fraction of sp³-hybridized carbons (Fsp3) is 0.333. The number of fused-ring (bicyclic) bond motifs is 1. The lowest BCUT2D eigenvalue weighted by Crippen LogP contribution is -2.31. The molecule has 1 aromatic heterocycles. The van der Waals surface area contributed by atoms with Crippen LogP contribution in [0.3, 0.4) is 0 Å². The highest BCUT2D eigenvalue weighted by Crippen LogP contribution is 2.33. The van der Waals surface area contributed by atoms with Gasteiger partial charge in [-0.15, -0.1) is 0 Å². The number of nitrogens with zero attached hydrogens (tertiary/aromatic N) is 3. The Morgan fingerprint density at radius 3 is 2.47 bits per heavy atom. The molecule has 0 amide bonds. The van der Waals surface area contributed by atoms with E-state index in [0.717, 1.165) is 31.2 Å². The number of aromatic nitrogens is 1. The van der Waals surface area contributed by atoms with Crippen LogP contribution in [0.15, 0.2) is 51.8 Å². The second kappa shape index (κ2) is 9.37. The molecule has 0 bridgehead atoms. The zero-order valence-corrected chi connectivity index (χ0v) is 19.3. The highest BCUT2D eigenvalue weighted by molar-refractivity contribution is 7.89. The van der Waals surface area contributed by atoms with Crippen molar-refractivity contribution >= 4 is 15.9 Å². The van der Waals surface area contributed by atoms with Crippen molar-refractivity contribution in [1.82, 2.24) is 9.29 Å². The Bertz CT molecular complexity index is 1320. The molecule has 1 N–H and O–H groups in total. The van der Waals surface area contributed by atoms with Crippen LogP contribution in [0.5, 0.6) is 11.5 Å². The van der Waals surface area contributed by atoms with Gasteiger partial charge in [-0.3, -0.25) is 0 Å². The van der Waals surface area contributed by atoms with Gasteiger partial charge in [-0.1, -0.05) is 18.9 Å². The largest absolute Gasteiger partial charge is 0.454 e. The van der Waals surface area contributed by atoms with E-state index in [9.17, 15) is 13.7 Å². The molecule has 34 heavy (non-hydrogen) atoms. The summed E-state index contributed by atoms with van der Waals surface area (Å²) in [6, 6.07) is 14.1. The van der Waals surface area contributed by atoms with E-state index in [-0.39, 0.29) is 29.2 Å². The molecule has 10 heteroatoms. The molecule has 1 saturated heterocycles. The average molecular weight is 481 g/mol. The fourth-order valence-electron chi connectivity index (χ4n) is 4.07. The van der Waals surface area contributed by atoms with Crippen LogP contribution >= 0.6 is 0 Å². The minimum Gasteiger partial charge on any atom is -0.454 e. The summed E-state index contributed by atoms with van der Waals surface area (Å²) in [4.78, 5) is 4.51. The SMILES string of the molecule is N#Cc1nc(-c2ccc(S(=O)(=O)N3CCCCCC3)cc2)oc1NCc1ccc2c(c1)OCO2. The Morgan fingerprint density at radius 1 is 1.00 bits per heavy atom. The highest BCUT2D eigenvalue weighted by Gasteiger charge is 2.25. The molecule has 1 fully saturated rings. The van der Waals surface area contributed by atoms with Gasteiger partial charge in [0.1, 0.15) is 6.07 Å². The summed E-state index contributed by atoms with van der Waals surface area (Å²) < 4.78 is 44.1. The third-order valence-corrected chi connectivity index (χ3v) is 7.84. The molecule has 176 valence electrons. The Hall–Kier alpha value is -3.55. The molecule has 2 aliphatic heterocycles. The number of hydrogen-bond donors (Lipinski definition) is 1. The Morgan fingerprint density at radius 2 is 1.74 bits per heavy atom. The van der Waals surface area contributed by atoms with E-state index in [4.69, 9.17) is 13.9 Å². The van der Waals surface area contributed by atoms with Crippen LogP contribution in [0.2, 0.25) is 0 Å². The molecule has 0 spiro atoms. The van der Waals surface area contributed by atoms with Crippen LogP contribution in [0.25, 0.3) is 11.5 Å². The molecule has 0 saturated carbocycles. The van der Waals surface area contributed by atoms with E-state index in [2.05, 4.69) is 10.3 Å². The van der Waals surface area contributed by atoms with E-state index in [1.807, 2.05) is 24.3 Å². The molecule has 0 aliphatic carbocycles. The standard InChI is InChI=1S/C24H24N4O5S/c25-14-20-24(26-15-17-5-10-21-22(13-17)32-16-31-21)33-23(27-20)18-6-8-19(9-7-18)34(29,30)28-11-3-1-2-4-12-28/h5-10,13,26H,1-4,11-12,15-16H2. The van der Waals surface area contributed by atoms with Crippen LogP contribution in [-0.2, 0) is 16.6 Å². The van der Waals surface area contributed by atoms with Gasteiger partial charge in [0.2, 0.25) is 34.3 Å². The van der Waals surface area contributed by atoms with Gasteiger partial charge in [0.15, 0.2) is 11.5 Å². The minimum absolute atomic E-state index is 0.122. The van der Waals surface area contributed by atoms with E-state index in [0.29, 0.717) is 36.7 Å². The maximum atomic E-state index is 13.0. The number of ether oxygens (including phenoxy) is 2. The Labute approximate surface area is 198 Å². The predicted molar refractivity (Wildman–Crippen MR) is 124 cm³/mol. The quantitative estimate of drug-likeness (QED) is 0.560. The van der Waals surface area contributed by atoms with Crippen molar-refractivity contribution in [3.63, 3.8) is 0 Å². The summed E-state index contributed by atoms with van der Waals surface area (Å²) in [5, 5.41) is 12.6. The monoisotopic (exact) mass is 480 g/mol. The van der Waals surface area contributed by atoms with E-state index < -0.39 is 10.0 Å². The second-order valence-corrected chi connectivity index (χ2v) is 10.1. The average Bonchev–Trinajstić information content (AvgIpc) is 3.40. The summed E-state index contributed by atoms with van der Waals surface area (Å²) in [5.41, 5.74) is 1.63. The summed E-state index contributed by atoms with van der Waals surface area (Å²) in [6.45, 7) is 1.70. The number of hydrogen-bond acceptors (Lipinski definition) is 8. The number of nitriles is 1. The molecular formula is C24H24N4O5S. The number of rotatable bonds is 6. The van der Waals surface area contributed by atoms with Crippen molar-refractivity contribution in [2.75, 3.05) is 25.2 Å². The molecule has 3 aromatic rings. The lowest BCUT2D eigenvalue weighted by atomic mass is 10.2. The van der Waals surface area contributed by atoms with Gasteiger partial charge in [-0.2, -0.15) is 14.6 Å². The lowest BCUT2D eigenvalue weighted by molar-refractivity contribution is 0.174. The number of benzene rings is 2. The van der Waals surface area contributed by atoms with Crippen LogP contribution in [0, 0.1) is 11.3 Å². The summed E-state index contributed by atoms with van der Waals surface area (Å²) in [7, 11) is -3.54. The zero-order valence-electron chi connectivity index (χ0n) is 18.5. The number of oxazole rings is 1. The third kappa shape index (κ3) is 4.44. The maximum Gasteiger partial charge on any atom is 0.243 e. The molecular weight excluding hydrogens is 456 g/mol. The first-order valence-corrected chi connectivity index (χ1v) is 12.6. The van der Waals surface area contributed by atoms with Crippen molar-refractivity contribution in [3.8, 4) is 29.0 Å². The second-order valence-electron chi connectivity index (χ2n) is 8.19. The molecule has 2 aromatic carbocycles. The van der Waals surface area contributed by atoms with Gasteiger partial charge in [-0.25, -0.2) is 8.42 Å². The number of nitrogens with one attached hydrogen (secondary N) is 1. The minimum atomic E-state index is -3.54. The van der Waals surface area contributed by atoms with Gasteiger partial charge in [0, 0.05) is 25.2 Å². The summed E-state index contributed by atoms with van der Waals surface area (Å²) in [5.74, 6) is 1.86. The first-order chi connectivity index (χ1) is 16.5. The van der Waals surface area contributed by atoms with Gasteiger partial charge in [0.25, 0.3) is 0 Å². The van der Waals surface area contributed by atoms with Crippen molar-refractivity contribution in [3.05, 3.63) is 53.7 Å². The topological polar surface area (TPSA) is 118 Å². The molecule has 5 rings (SSSR count). The Balaban J connectivity index is 1.32. The predicted octanol–water partition coefficient (Wildman–Crippen LogP) is 4.12. The van der Waals surface area contributed by atoms with Crippen molar-refractivity contribution in [1.29, 1.82) is 5.26 Å². The summed E-state index contributed by atoms with van der Waals surface area (Å²) in [6.07, 6.45) is 3.88. The highest BCUT2D eigenvalue weighted by atomic mass is 32.2. The van der Waals surface area contributed by atoms with E-state index >= 15 is 0 Å². The maximum absolute atomic E-state index is 13.0. The number of sulfonamides is 1. The molecule has 3 heterocycles. The third-order valence-electron chi connectivity index (χ3n) is 5.93. The molecule has 0 atom stereocenters. The van der Waals surface area contributed by atoms with E-state index in [1.165, 1.54) is 0 Å². The van der Waals surface area contributed by atoms with Crippen molar-refractivity contribution < 1.29 is 22.3 Å². The van der Waals surface area contributed by atoms with Crippen LogP contribution in [0.4, 0.5) is 5.88 Å². The first-order valence-electron chi connectivity index (χ1n) is 11.2. The number of anilines is 1. The normalized spacial score (nSPS) is 16.1. The van der Waals surface area contributed by atoms with Crippen molar-refractivity contribution in [2.45, 2.75) is 37.1 Å². The molecule has 2 aliphatic rings. The molecule has 0 unspecified atom stereocenters. The first kappa shape index (κ1) is 22.3. The zero-order chi connectivity index (χ0) is 23.5. The smallest absolute Gasteiger partial charge is 0.243 e. The Kier molecular flexibility index (Phi) is 6.13.